The van der Waals surface area contributed by atoms with E-state index < -0.39 is 11.8 Å². The molecule has 3 aromatic rings. The van der Waals surface area contributed by atoms with Crippen LogP contribution in [0, 0.1) is 0 Å². The molecule has 32 heavy (non-hydrogen) atoms. The highest BCUT2D eigenvalue weighted by Gasteiger charge is 2.18. The minimum atomic E-state index is -0.441. The summed E-state index contributed by atoms with van der Waals surface area (Å²) in [4.78, 5) is 25.5. The molecule has 0 atom stereocenters. The second-order valence-electron chi connectivity index (χ2n) is 7.01. The van der Waals surface area contributed by atoms with Gasteiger partial charge in [0.2, 0.25) is 0 Å². The van der Waals surface area contributed by atoms with Crippen LogP contribution in [-0.4, -0.2) is 23.5 Å². The van der Waals surface area contributed by atoms with Crippen molar-refractivity contribution < 1.29 is 14.3 Å². The van der Waals surface area contributed by atoms with E-state index in [1.54, 1.807) is 18.2 Å². The second kappa shape index (κ2) is 11.8. The maximum atomic E-state index is 12.6. The fraction of sp³-hybridized carbons (Fsp3) is 0.261. The lowest BCUT2D eigenvalue weighted by Gasteiger charge is -2.13. The molecule has 0 bridgehead atoms. The van der Waals surface area contributed by atoms with Crippen LogP contribution in [0.25, 0.3) is 10.1 Å². The molecular formula is C23H24ClN3O3S2. The van der Waals surface area contributed by atoms with Crippen molar-refractivity contribution in [1.29, 1.82) is 0 Å². The first kappa shape index (κ1) is 24.0. The molecule has 0 saturated carbocycles. The Morgan fingerprint density at radius 2 is 1.75 bits per heavy atom. The number of ether oxygens (including phenoxy) is 1. The van der Waals surface area contributed by atoms with Crippen molar-refractivity contribution in [3.8, 4) is 5.75 Å². The molecule has 168 valence electrons. The number of rotatable bonds is 8. The standard InChI is InChI=1S/C23H24ClN3O3S2/c1-2-3-4-9-14-30-17-12-7-5-10-15(17)21(28)25-23(31)27-26-22(29)20-19(24)16-11-6-8-13-18(16)32-20/h5-8,10-13H,2-4,9,14H2,1H3,(H,26,29)(H2,25,27,28,31). The van der Waals surface area contributed by atoms with Gasteiger partial charge in [0.1, 0.15) is 10.6 Å². The lowest BCUT2D eigenvalue weighted by Crippen LogP contribution is -2.48. The summed E-state index contributed by atoms with van der Waals surface area (Å²) in [6, 6.07) is 14.5. The number of carbonyl (C=O) groups excluding carboxylic acids is 2. The lowest BCUT2D eigenvalue weighted by atomic mass is 10.2. The summed E-state index contributed by atoms with van der Waals surface area (Å²) in [5.41, 5.74) is 5.39. The molecule has 0 aliphatic heterocycles. The van der Waals surface area contributed by atoms with Gasteiger partial charge in [-0.15, -0.1) is 11.3 Å². The van der Waals surface area contributed by atoms with Crippen LogP contribution < -0.4 is 20.9 Å². The number of unbranched alkanes of at least 4 members (excludes halogenated alkanes) is 3. The van der Waals surface area contributed by atoms with Gasteiger partial charge in [0, 0.05) is 10.1 Å². The molecule has 0 fully saturated rings. The van der Waals surface area contributed by atoms with Crippen molar-refractivity contribution in [1.82, 2.24) is 16.2 Å². The van der Waals surface area contributed by atoms with Gasteiger partial charge < -0.3 is 4.74 Å². The first-order valence-electron chi connectivity index (χ1n) is 10.3. The molecule has 9 heteroatoms. The van der Waals surface area contributed by atoms with Gasteiger partial charge in [-0.05, 0) is 36.8 Å². The molecule has 1 heterocycles. The highest BCUT2D eigenvalue weighted by molar-refractivity contribution is 7.80. The van der Waals surface area contributed by atoms with Crippen molar-refractivity contribution in [2.24, 2.45) is 0 Å². The number of nitrogens with one attached hydrogen (secondary N) is 3. The maximum absolute atomic E-state index is 12.6. The van der Waals surface area contributed by atoms with E-state index in [1.165, 1.54) is 11.3 Å². The van der Waals surface area contributed by atoms with Gasteiger partial charge in [-0.2, -0.15) is 0 Å². The molecule has 3 rings (SSSR count). The van der Waals surface area contributed by atoms with Crippen LogP contribution in [0.15, 0.2) is 48.5 Å². The predicted molar refractivity (Wildman–Crippen MR) is 134 cm³/mol. The van der Waals surface area contributed by atoms with E-state index in [4.69, 9.17) is 28.6 Å². The Morgan fingerprint density at radius 3 is 2.53 bits per heavy atom. The van der Waals surface area contributed by atoms with Gasteiger partial charge in [0.15, 0.2) is 5.11 Å². The summed E-state index contributed by atoms with van der Waals surface area (Å²) in [7, 11) is 0. The van der Waals surface area contributed by atoms with Gasteiger partial charge in [-0.1, -0.05) is 68.1 Å². The van der Waals surface area contributed by atoms with E-state index in [2.05, 4.69) is 23.1 Å². The third kappa shape index (κ3) is 6.18. The molecule has 6 nitrogen and oxygen atoms in total. The third-order valence-electron chi connectivity index (χ3n) is 4.64. The third-order valence-corrected chi connectivity index (χ3v) is 6.52. The van der Waals surface area contributed by atoms with E-state index in [9.17, 15) is 9.59 Å². The second-order valence-corrected chi connectivity index (χ2v) is 8.85. The maximum Gasteiger partial charge on any atom is 0.281 e. The fourth-order valence-corrected chi connectivity index (χ4v) is 4.58. The average Bonchev–Trinajstić information content (AvgIpc) is 3.14. The summed E-state index contributed by atoms with van der Waals surface area (Å²) in [5, 5.41) is 3.70. The van der Waals surface area contributed by atoms with Crippen molar-refractivity contribution in [3.05, 3.63) is 64.0 Å². The van der Waals surface area contributed by atoms with Crippen LogP contribution in [0.2, 0.25) is 5.02 Å². The van der Waals surface area contributed by atoms with Crippen LogP contribution in [-0.2, 0) is 0 Å². The first-order chi connectivity index (χ1) is 15.5. The molecule has 0 aliphatic rings. The number of hydrogen-bond acceptors (Lipinski definition) is 5. The van der Waals surface area contributed by atoms with Crippen molar-refractivity contribution in [2.45, 2.75) is 32.6 Å². The number of para-hydroxylation sites is 1. The van der Waals surface area contributed by atoms with Crippen LogP contribution >= 0.6 is 35.2 Å². The minimum absolute atomic E-state index is 0.0432. The Hall–Kier alpha value is -2.68. The normalized spacial score (nSPS) is 10.6. The zero-order chi connectivity index (χ0) is 22.9. The fourth-order valence-electron chi connectivity index (χ4n) is 3.02. The van der Waals surface area contributed by atoms with Crippen LogP contribution in [0.4, 0.5) is 0 Å². The van der Waals surface area contributed by atoms with Crippen LogP contribution in [0.5, 0.6) is 5.75 Å². The number of hydrogen-bond donors (Lipinski definition) is 3. The van der Waals surface area contributed by atoms with E-state index in [1.807, 2.05) is 30.3 Å². The van der Waals surface area contributed by atoms with Gasteiger partial charge in [-0.3, -0.25) is 25.8 Å². The number of amides is 2. The molecular weight excluding hydrogens is 466 g/mol. The molecule has 0 radical (unpaired) electrons. The topological polar surface area (TPSA) is 79.5 Å². The van der Waals surface area contributed by atoms with Crippen molar-refractivity contribution >= 4 is 62.2 Å². The molecule has 0 aliphatic carbocycles. The van der Waals surface area contributed by atoms with E-state index in [-0.39, 0.29) is 5.11 Å². The Labute approximate surface area is 201 Å². The highest BCUT2D eigenvalue weighted by Crippen LogP contribution is 2.34. The number of benzene rings is 2. The Balaban J connectivity index is 1.54. The summed E-state index contributed by atoms with van der Waals surface area (Å²) >= 11 is 12.7. The van der Waals surface area contributed by atoms with Gasteiger partial charge in [-0.25, -0.2) is 0 Å². The lowest BCUT2D eigenvalue weighted by molar-refractivity contribution is 0.0937. The van der Waals surface area contributed by atoms with Crippen LogP contribution in [0.3, 0.4) is 0 Å². The van der Waals surface area contributed by atoms with E-state index in [0.29, 0.717) is 27.8 Å². The van der Waals surface area contributed by atoms with E-state index >= 15 is 0 Å². The number of fused-ring (bicyclic) bond motifs is 1. The molecule has 0 saturated heterocycles. The molecule has 2 amide bonds. The zero-order valence-electron chi connectivity index (χ0n) is 17.6. The van der Waals surface area contributed by atoms with E-state index in [0.717, 1.165) is 35.8 Å². The van der Waals surface area contributed by atoms with Crippen molar-refractivity contribution in [2.75, 3.05) is 6.61 Å². The van der Waals surface area contributed by atoms with Gasteiger partial charge in [0.25, 0.3) is 11.8 Å². The smallest absolute Gasteiger partial charge is 0.281 e. The molecule has 3 N–H and O–H groups in total. The van der Waals surface area contributed by atoms with Crippen molar-refractivity contribution in [3.63, 3.8) is 0 Å². The number of carbonyl (C=O) groups is 2. The number of hydrazine groups is 1. The van der Waals surface area contributed by atoms with Crippen LogP contribution in [0.1, 0.15) is 52.6 Å². The molecule has 2 aromatic carbocycles. The van der Waals surface area contributed by atoms with Gasteiger partial charge in [0.05, 0.1) is 17.2 Å². The number of halogens is 1. The number of thiophene rings is 1. The Morgan fingerprint density at radius 1 is 1.00 bits per heavy atom. The number of thiocarbonyl (C=S) groups is 1. The average molecular weight is 490 g/mol. The summed E-state index contributed by atoms with van der Waals surface area (Å²) in [6.45, 7) is 2.69. The summed E-state index contributed by atoms with van der Waals surface area (Å²) < 4.78 is 6.68. The highest BCUT2D eigenvalue weighted by atomic mass is 35.5. The quantitative estimate of drug-likeness (QED) is 0.222. The monoisotopic (exact) mass is 489 g/mol. The summed E-state index contributed by atoms with van der Waals surface area (Å²) in [6.07, 6.45) is 4.32. The Kier molecular flexibility index (Phi) is 8.84. The SMILES string of the molecule is CCCCCCOc1ccccc1C(=O)NC(=S)NNC(=O)c1sc2ccccc2c1Cl. The molecule has 1 aromatic heterocycles. The Bertz CT molecular complexity index is 1120. The first-order valence-corrected chi connectivity index (χ1v) is 11.9. The minimum Gasteiger partial charge on any atom is -0.493 e. The van der Waals surface area contributed by atoms with Gasteiger partial charge >= 0.3 is 0 Å². The zero-order valence-corrected chi connectivity index (χ0v) is 20.0. The molecule has 0 spiro atoms. The summed E-state index contributed by atoms with van der Waals surface area (Å²) in [5.74, 6) is -0.380. The predicted octanol–water partition coefficient (Wildman–Crippen LogP) is 5.46. The molecule has 0 unspecified atom stereocenters. The largest absolute Gasteiger partial charge is 0.493 e.